The first-order valence-electron chi connectivity index (χ1n) is 9.80. The van der Waals surface area contributed by atoms with E-state index in [9.17, 15) is 0 Å². The van der Waals surface area contributed by atoms with Gasteiger partial charge in [-0.05, 0) is 11.1 Å². The van der Waals surface area contributed by atoms with Gasteiger partial charge in [-0.1, -0.05) is 24.3 Å². The first kappa shape index (κ1) is 17.1. The van der Waals surface area contributed by atoms with Crippen molar-refractivity contribution in [3.05, 3.63) is 35.4 Å². The van der Waals surface area contributed by atoms with Crippen LogP contribution in [0.25, 0.3) is 0 Å². The summed E-state index contributed by atoms with van der Waals surface area (Å²) in [5, 5.41) is 0. The standard InChI is InChI=1S/C20H28N2O4/c1-2-4-16(6-22(9-19-13-25-19)10-20-14-26-20)15(3-1)5-21(7-17-11-23-17)8-18-12-24-18/h1-4,17-20H,5-14H2. The molecule has 6 heteroatoms. The van der Waals surface area contributed by atoms with Crippen molar-refractivity contribution in [1.29, 1.82) is 0 Å². The summed E-state index contributed by atoms with van der Waals surface area (Å²) < 4.78 is 21.8. The van der Waals surface area contributed by atoms with Crippen LogP contribution in [0.15, 0.2) is 24.3 Å². The molecule has 142 valence electrons. The van der Waals surface area contributed by atoms with Crippen molar-refractivity contribution >= 4 is 0 Å². The Kier molecular flexibility index (Phi) is 4.96. The molecule has 4 unspecified atom stereocenters. The number of epoxide rings is 4. The molecule has 4 atom stereocenters. The average molecular weight is 360 g/mol. The summed E-state index contributed by atoms with van der Waals surface area (Å²) >= 11 is 0. The largest absolute Gasteiger partial charge is 0.372 e. The van der Waals surface area contributed by atoms with Crippen molar-refractivity contribution in [3.63, 3.8) is 0 Å². The first-order valence-corrected chi connectivity index (χ1v) is 9.80. The van der Waals surface area contributed by atoms with E-state index in [1.165, 1.54) is 11.1 Å². The van der Waals surface area contributed by atoms with E-state index in [1.54, 1.807) is 0 Å². The molecule has 0 saturated carbocycles. The Morgan fingerprint density at radius 2 is 0.923 bits per heavy atom. The Hall–Kier alpha value is -1.02. The van der Waals surface area contributed by atoms with E-state index >= 15 is 0 Å². The Bertz CT molecular complexity index is 531. The van der Waals surface area contributed by atoms with E-state index in [4.69, 9.17) is 18.9 Å². The van der Waals surface area contributed by atoms with Crippen molar-refractivity contribution in [2.75, 3.05) is 52.6 Å². The van der Waals surface area contributed by atoms with Crippen LogP contribution in [0.3, 0.4) is 0 Å². The van der Waals surface area contributed by atoms with Crippen molar-refractivity contribution in [1.82, 2.24) is 9.80 Å². The number of hydrogen-bond acceptors (Lipinski definition) is 6. The van der Waals surface area contributed by atoms with Crippen molar-refractivity contribution in [2.24, 2.45) is 0 Å². The molecule has 0 N–H and O–H groups in total. The predicted molar refractivity (Wildman–Crippen MR) is 96.0 cm³/mol. The number of nitrogens with zero attached hydrogens (tertiary/aromatic N) is 2. The van der Waals surface area contributed by atoms with Gasteiger partial charge < -0.3 is 18.9 Å². The second-order valence-corrected chi connectivity index (χ2v) is 7.98. The molecular formula is C20H28N2O4. The third-order valence-corrected chi connectivity index (χ3v) is 5.36. The summed E-state index contributed by atoms with van der Waals surface area (Å²) in [6.45, 7) is 9.55. The molecule has 6 nitrogen and oxygen atoms in total. The molecule has 0 aromatic heterocycles. The topological polar surface area (TPSA) is 56.6 Å². The highest BCUT2D eigenvalue weighted by molar-refractivity contribution is 5.27. The van der Waals surface area contributed by atoms with Crippen LogP contribution in [-0.2, 0) is 32.0 Å². The highest BCUT2D eigenvalue weighted by Crippen LogP contribution is 2.22. The molecule has 4 fully saturated rings. The zero-order chi connectivity index (χ0) is 17.3. The molecule has 4 saturated heterocycles. The van der Waals surface area contributed by atoms with Gasteiger partial charge in [0.25, 0.3) is 0 Å². The minimum absolute atomic E-state index is 0.413. The van der Waals surface area contributed by atoms with Gasteiger partial charge in [0.1, 0.15) is 0 Å². The van der Waals surface area contributed by atoms with Gasteiger partial charge in [-0.3, -0.25) is 9.80 Å². The Morgan fingerprint density at radius 3 is 1.19 bits per heavy atom. The van der Waals surface area contributed by atoms with Crippen LogP contribution in [0.1, 0.15) is 11.1 Å². The van der Waals surface area contributed by atoms with Gasteiger partial charge in [-0.2, -0.15) is 0 Å². The smallest absolute Gasteiger partial charge is 0.0936 e. The molecule has 0 spiro atoms. The summed E-state index contributed by atoms with van der Waals surface area (Å²) in [6.07, 6.45) is 1.65. The maximum absolute atomic E-state index is 5.46. The minimum Gasteiger partial charge on any atom is -0.372 e. The molecule has 1 aromatic carbocycles. The van der Waals surface area contributed by atoms with E-state index in [0.29, 0.717) is 24.4 Å². The van der Waals surface area contributed by atoms with Gasteiger partial charge >= 0.3 is 0 Å². The Morgan fingerprint density at radius 1 is 0.615 bits per heavy atom. The minimum atomic E-state index is 0.413. The third-order valence-electron chi connectivity index (χ3n) is 5.36. The third kappa shape index (κ3) is 5.25. The van der Waals surface area contributed by atoms with E-state index in [0.717, 1.165) is 65.7 Å². The predicted octanol–water partition coefficient (Wildman–Crippen LogP) is 0.886. The quantitative estimate of drug-likeness (QED) is 0.516. The summed E-state index contributed by atoms with van der Waals surface area (Å²) in [7, 11) is 0. The SMILES string of the molecule is c1ccc(CN(CC2CO2)CC2CO2)c(CN(CC2CO2)CC2CO2)c1. The van der Waals surface area contributed by atoms with Crippen molar-refractivity contribution in [2.45, 2.75) is 37.5 Å². The molecule has 4 heterocycles. The van der Waals surface area contributed by atoms with E-state index in [1.807, 2.05) is 0 Å². The van der Waals surface area contributed by atoms with Gasteiger partial charge in [0, 0.05) is 39.3 Å². The van der Waals surface area contributed by atoms with E-state index < -0.39 is 0 Å². The number of benzene rings is 1. The summed E-state index contributed by atoms with van der Waals surface area (Å²) in [6, 6.07) is 8.83. The fourth-order valence-corrected chi connectivity index (χ4v) is 3.60. The maximum atomic E-state index is 5.46. The van der Waals surface area contributed by atoms with E-state index in [-0.39, 0.29) is 0 Å². The second kappa shape index (κ2) is 7.54. The van der Waals surface area contributed by atoms with Crippen molar-refractivity contribution in [3.8, 4) is 0 Å². The zero-order valence-electron chi connectivity index (χ0n) is 15.2. The lowest BCUT2D eigenvalue weighted by atomic mass is 10.1. The molecule has 4 aliphatic rings. The van der Waals surface area contributed by atoms with Crippen LogP contribution in [0.2, 0.25) is 0 Å². The lowest BCUT2D eigenvalue weighted by molar-refractivity contribution is 0.203. The zero-order valence-corrected chi connectivity index (χ0v) is 15.2. The van der Waals surface area contributed by atoms with Crippen LogP contribution in [0, 0.1) is 0 Å². The molecule has 0 radical (unpaired) electrons. The van der Waals surface area contributed by atoms with E-state index in [2.05, 4.69) is 34.1 Å². The summed E-state index contributed by atoms with van der Waals surface area (Å²) in [5.41, 5.74) is 2.82. The molecule has 5 rings (SSSR count). The Labute approximate surface area is 154 Å². The van der Waals surface area contributed by atoms with Gasteiger partial charge in [-0.15, -0.1) is 0 Å². The van der Waals surface area contributed by atoms with Crippen LogP contribution in [0.5, 0.6) is 0 Å². The molecule has 1 aromatic rings. The maximum Gasteiger partial charge on any atom is 0.0936 e. The molecule has 0 bridgehead atoms. The average Bonchev–Trinajstić information content (AvgIpc) is 3.40. The summed E-state index contributed by atoms with van der Waals surface area (Å²) in [4.78, 5) is 4.99. The van der Waals surface area contributed by atoms with Gasteiger partial charge in [0.05, 0.1) is 50.8 Å². The number of ether oxygens (including phenoxy) is 4. The highest BCUT2D eigenvalue weighted by Gasteiger charge is 2.32. The van der Waals surface area contributed by atoms with Crippen LogP contribution < -0.4 is 0 Å². The molecule has 4 aliphatic heterocycles. The van der Waals surface area contributed by atoms with Gasteiger partial charge in [0.2, 0.25) is 0 Å². The molecule has 0 aliphatic carbocycles. The summed E-state index contributed by atoms with van der Waals surface area (Å²) in [5.74, 6) is 0. The lowest BCUT2D eigenvalue weighted by Crippen LogP contribution is -2.33. The van der Waals surface area contributed by atoms with Gasteiger partial charge in [0.15, 0.2) is 0 Å². The second-order valence-electron chi connectivity index (χ2n) is 7.98. The van der Waals surface area contributed by atoms with Crippen LogP contribution in [-0.4, -0.2) is 86.8 Å². The number of rotatable bonds is 12. The molecule has 0 amide bonds. The fourth-order valence-electron chi connectivity index (χ4n) is 3.60. The number of hydrogen-bond donors (Lipinski definition) is 0. The Balaban J connectivity index is 1.25. The first-order chi connectivity index (χ1) is 12.8. The lowest BCUT2D eigenvalue weighted by Gasteiger charge is -2.25. The van der Waals surface area contributed by atoms with Crippen LogP contribution >= 0.6 is 0 Å². The fraction of sp³-hybridized carbons (Fsp3) is 0.700. The van der Waals surface area contributed by atoms with Gasteiger partial charge in [-0.25, -0.2) is 0 Å². The van der Waals surface area contributed by atoms with Crippen molar-refractivity contribution < 1.29 is 18.9 Å². The van der Waals surface area contributed by atoms with Crippen LogP contribution in [0.4, 0.5) is 0 Å². The normalized spacial score (nSPS) is 31.5. The molecule has 26 heavy (non-hydrogen) atoms. The monoisotopic (exact) mass is 360 g/mol. The highest BCUT2D eigenvalue weighted by atomic mass is 16.6. The molecular weight excluding hydrogens is 332 g/mol.